The first-order valence-corrected chi connectivity index (χ1v) is 10.1. The van der Waals surface area contributed by atoms with Gasteiger partial charge < -0.3 is 10.6 Å². The Kier molecular flexibility index (Phi) is 6.95. The zero-order valence-corrected chi connectivity index (χ0v) is 16.1. The van der Waals surface area contributed by atoms with Crippen molar-refractivity contribution in [3.8, 4) is 0 Å². The summed E-state index contributed by atoms with van der Waals surface area (Å²) in [6.07, 6.45) is 1.87. The maximum atomic E-state index is 12.5. The number of hydrogen-bond donors (Lipinski definition) is 3. The molecule has 0 heterocycles. The monoisotopic (exact) mass is 389 g/mol. The van der Waals surface area contributed by atoms with Gasteiger partial charge in [-0.15, -0.1) is 0 Å². The van der Waals surface area contributed by atoms with Crippen LogP contribution in [0.1, 0.15) is 37.0 Å². The first-order chi connectivity index (χ1) is 12.8. The largest absolute Gasteiger partial charge is 0.352 e. The minimum atomic E-state index is -3.78. The Bertz CT molecular complexity index is 892. The second-order valence-electron chi connectivity index (χ2n) is 6.00. The molecule has 0 saturated heterocycles. The van der Waals surface area contributed by atoms with Gasteiger partial charge in [0.15, 0.2) is 0 Å². The summed E-state index contributed by atoms with van der Waals surface area (Å²) in [5, 5.41) is 5.39. The summed E-state index contributed by atoms with van der Waals surface area (Å²) >= 11 is 0. The van der Waals surface area contributed by atoms with Crippen LogP contribution in [0.4, 0.5) is 11.4 Å². The summed E-state index contributed by atoms with van der Waals surface area (Å²) in [5.74, 6) is -0.434. The van der Waals surface area contributed by atoms with Crippen molar-refractivity contribution in [3.63, 3.8) is 0 Å². The fraction of sp³-hybridized carbons (Fsp3) is 0.263. The highest BCUT2D eigenvalue weighted by atomic mass is 32.2. The topological polar surface area (TPSA) is 104 Å². The van der Waals surface area contributed by atoms with E-state index in [4.69, 9.17) is 0 Å². The van der Waals surface area contributed by atoms with E-state index in [0.29, 0.717) is 23.5 Å². The van der Waals surface area contributed by atoms with Crippen LogP contribution in [-0.2, 0) is 14.8 Å². The molecule has 0 aromatic heterocycles. The van der Waals surface area contributed by atoms with E-state index in [1.54, 1.807) is 24.3 Å². The van der Waals surface area contributed by atoms with E-state index in [1.807, 2.05) is 6.92 Å². The molecule has 0 atom stereocenters. The number of carbonyl (C=O) groups is 2. The maximum absolute atomic E-state index is 12.5. The van der Waals surface area contributed by atoms with Crippen LogP contribution in [0.2, 0.25) is 0 Å². The number of anilines is 2. The van der Waals surface area contributed by atoms with E-state index in [0.717, 1.165) is 12.8 Å². The molecule has 0 bridgehead atoms. The van der Waals surface area contributed by atoms with Crippen molar-refractivity contribution >= 4 is 33.2 Å². The first-order valence-electron chi connectivity index (χ1n) is 8.60. The summed E-state index contributed by atoms with van der Waals surface area (Å²) in [6, 6.07) is 12.1. The summed E-state index contributed by atoms with van der Waals surface area (Å²) in [6.45, 7) is 4.02. The predicted octanol–water partition coefficient (Wildman–Crippen LogP) is 2.98. The number of amides is 2. The predicted molar refractivity (Wildman–Crippen MR) is 105 cm³/mol. The lowest BCUT2D eigenvalue weighted by molar-refractivity contribution is -0.114. The highest BCUT2D eigenvalue weighted by Crippen LogP contribution is 2.19. The van der Waals surface area contributed by atoms with Crippen LogP contribution >= 0.6 is 0 Å². The Morgan fingerprint density at radius 3 is 2.07 bits per heavy atom. The third-order valence-electron chi connectivity index (χ3n) is 3.70. The van der Waals surface area contributed by atoms with Crippen molar-refractivity contribution in [2.45, 2.75) is 31.6 Å². The van der Waals surface area contributed by atoms with E-state index < -0.39 is 10.0 Å². The van der Waals surface area contributed by atoms with Gasteiger partial charge in [-0.25, -0.2) is 8.42 Å². The van der Waals surface area contributed by atoms with Gasteiger partial charge in [0.1, 0.15) is 0 Å². The Hall–Kier alpha value is -2.87. The first kappa shape index (κ1) is 20.4. The maximum Gasteiger partial charge on any atom is 0.261 e. The van der Waals surface area contributed by atoms with Gasteiger partial charge in [0.05, 0.1) is 4.90 Å². The molecule has 0 fully saturated rings. The van der Waals surface area contributed by atoms with Crippen molar-refractivity contribution in [1.82, 2.24) is 5.32 Å². The fourth-order valence-electron chi connectivity index (χ4n) is 2.31. The molecular weight excluding hydrogens is 366 g/mol. The normalized spacial score (nSPS) is 10.9. The Balaban J connectivity index is 2.05. The Morgan fingerprint density at radius 1 is 0.926 bits per heavy atom. The lowest BCUT2D eigenvalue weighted by Gasteiger charge is -2.10. The average Bonchev–Trinajstić information content (AvgIpc) is 2.63. The summed E-state index contributed by atoms with van der Waals surface area (Å²) in [5.41, 5.74) is 1.35. The van der Waals surface area contributed by atoms with E-state index in [-0.39, 0.29) is 16.7 Å². The number of unbranched alkanes of at least 4 members (excludes halogenated alkanes) is 1. The van der Waals surface area contributed by atoms with Crippen LogP contribution in [0.15, 0.2) is 53.4 Å². The van der Waals surface area contributed by atoms with Gasteiger partial charge in [0.2, 0.25) is 5.91 Å². The molecule has 2 aromatic carbocycles. The van der Waals surface area contributed by atoms with Crippen molar-refractivity contribution < 1.29 is 18.0 Å². The Labute approximate surface area is 159 Å². The summed E-state index contributed by atoms with van der Waals surface area (Å²) in [7, 11) is -3.78. The van der Waals surface area contributed by atoms with E-state index in [1.165, 1.54) is 31.2 Å². The van der Waals surface area contributed by atoms with E-state index >= 15 is 0 Å². The van der Waals surface area contributed by atoms with E-state index in [9.17, 15) is 18.0 Å². The lowest BCUT2D eigenvalue weighted by Crippen LogP contribution is -2.24. The quantitative estimate of drug-likeness (QED) is 0.604. The summed E-state index contributed by atoms with van der Waals surface area (Å²) in [4.78, 5) is 23.0. The number of sulfonamides is 1. The molecule has 0 aliphatic rings. The van der Waals surface area contributed by atoms with Crippen LogP contribution in [-0.4, -0.2) is 26.8 Å². The zero-order valence-electron chi connectivity index (χ0n) is 15.3. The fourth-order valence-corrected chi connectivity index (χ4v) is 3.36. The molecule has 2 rings (SSSR count). The lowest BCUT2D eigenvalue weighted by atomic mass is 10.2. The molecular formula is C19H23N3O4S. The van der Waals surface area contributed by atoms with Crippen LogP contribution in [0.3, 0.4) is 0 Å². The van der Waals surface area contributed by atoms with Crippen molar-refractivity contribution in [3.05, 3.63) is 54.1 Å². The molecule has 0 unspecified atom stereocenters. The van der Waals surface area contributed by atoms with Gasteiger partial charge in [0, 0.05) is 30.4 Å². The molecule has 0 spiro atoms. The minimum Gasteiger partial charge on any atom is -0.352 e. The van der Waals surface area contributed by atoms with Crippen molar-refractivity contribution in [1.29, 1.82) is 0 Å². The van der Waals surface area contributed by atoms with Gasteiger partial charge in [-0.1, -0.05) is 13.3 Å². The molecule has 3 N–H and O–H groups in total. The molecule has 0 saturated carbocycles. The zero-order chi connectivity index (χ0) is 19.9. The molecule has 144 valence electrons. The van der Waals surface area contributed by atoms with Gasteiger partial charge in [-0.2, -0.15) is 0 Å². The number of rotatable bonds is 8. The van der Waals surface area contributed by atoms with Crippen molar-refractivity contribution in [2.75, 3.05) is 16.6 Å². The molecule has 27 heavy (non-hydrogen) atoms. The summed E-state index contributed by atoms with van der Waals surface area (Å²) < 4.78 is 27.4. The minimum absolute atomic E-state index is 0.0542. The molecule has 2 amide bonds. The SMILES string of the molecule is CCCCNC(=O)c1ccc(S(=O)(=O)Nc2ccc(NC(C)=O)cc2)cc1. The molecule has 0 radical (unpaired) electrons. The highest BCUT2D eigenvalue weighted by molar-refractivity contribution is 7.92. The van der Waals surface area contributed by atoms with Gasteiger partial charge >= 0.3 is 0 Å². The number of hydrogen-bond acceptors (Lipinski definition) is 4. The number of benzene rings is 2. The van der Waals surface area contributed by atoms with Gasteiger partial charge in [-0.05, 0) is 55.0 Å². The van der Waals surface area contributed by atoms with Crippen molar-refractivity contribution in [2.24, 2.45) is 0 Å². The number of nitrogens with one attached hydrogen (secondary N) is 3. The third kappa shape index (κ3) is 6.10. The molecule has 8 heteroatoms. The average molecular weight is 389 g/mol. The molecule has 0 aliphatic heterocycles. The highest BCUT2D eigenvalue weighted by Gasteiger charge is 2.15. The Morgan fingerprint density at radius 2 is 1.52 bits per heavy atom. The smallest absolute Gasteiger partial charge is 0.261 e. The second-order valence-corrected chi connectivity index (χ2v) is 7.68. The molecule has 2 aromatic rings. The van der Waals surface area contributed by atoms with Gasteiger partial charge in [0.25, 0.3) is 15.9 Å². The molecule has 0 aliphatic carbocycles. The van der Waals surface area contributed by atoms with E-state index in [2.05, 4.69) is 15.4 Å². The third-order valence-corrected chi connectivity index (χ3v) is 5.10. The van der Waals surface area contributed by atoms with Crippen LogP contribution in [0.25, 0.3) is 0 Å². The second kappa shape index (κ2) is 9.18. The van der Waals surface area contributed by atoms with Crippen LogP contribution < -0.4 is 15.4 Å². The van der Waals surface area contributed by atoms with Gasteiger partial charge in [-0.3, -0.25) is 14.3 Å². The van der Waals surface area contributed by atoms with Crippen LogP contribution in [0, 0.1) is 0 Å². The molecule has 7 nitrogen and oxygen atoms in total. The van der Waals surface area contributed by atoms with Crippen LogP contribution in [0.5, 0.6) is 0 Å². The number of carbonyl (C=O) groups excluding carboxylic acids is 2. The standard InChI is InChI=1S/C19H23N3O4S/c1-3-4-13-20-19(24)15-5-11-18(12-6-15)27(25,26)22-17-9-7-16(8-10-17)21-14(2)23/h5-12,22H,3-4,13H2,1-2H3,(H,20,24)(H,21,23).